The van der Waals surface area contributed by atoms with Gasteiger partial charge in [0.1, 0.15) is 0 Å². The summed E-state index contributed by atoms with van der Waals surface area (Å²) in [5.74, 6) is 0. The molecular weight excluding hydrogens is 1130 g/mol. The lowest BCUT2D eigenvalue weighted by molar-refractivity contribution is 1.35. The summed E-state index contributed by atoms with van der Waals surface area (Å²) in [6.45, 7) is 49.2. The van der Waals surface area contributed by atoms with Gasteiger partial charge in [0.2, 0.25) is 0 Å². The maximum Gasteiger partial charge on any atom is -0.00607 e. The second kappa shape index (κ2) is 77.5. The van der Waals surface area contributed by atoms with Crippen molar-refractivity contribution >= 4 is 55.9 Å². The molecule has 10 aromatic carbocycles. The van der Waals surface area contributed by atoms with Gasteiger partial charge in [-0.05, 0) is 117 Å². The van der Waals surface area contributed by atoms with Crippen molar-refractivity contribution in [1.82, 2.24) is 0 Å². The normalized spacial score (nSPS) is 8.91. The van der Waals surface area contributed by atoms with Gasteiger partial charge in [-0.15, -0.1) is 34.3 Å². The van der Waals surface area contributed by atoms with Crippen molar-refractivity contribution in [1.29, 1.82) is 0 Å². The Morgan fingerprint density at radius 3 is 0.580 bits per heavy atom. The number of fused-ring (bicyclic) bond motifs is 2. The van der Waals surface area contributed by atoms with Crippen molar-refractivity contribution in [3.63, 3.8) is 0 Å². The average molecular weight is 1260 g/mol. The second-order valence-corrected chi connectivity index (χ2v) is 19.9. The Labute approximate surface area is 553 Å². The highest BCUT2D eigenvalue weighted by Gasteiger charge is 2.16. The summed E-state index contributed by atoms with van der Waals surface area (Å²) in [5, 5.41) is 5.45. The average Bonchev–Trinajstić information content (AvgIpc) is 2.58. The summed E-state index contributed by atoms with van der Waals surface area (Å²) < 4.78 is 0. The van der Waals surface area contributed by atoms with Crippen molar-refractivity contribution in [3.8, 4) is 22.3 Å². The molecular formula is C84H128P4. The van der Waals surface area contributed by atoms with Gasteiger partial charge in [-0.3, -0.25) is 0 Å². The monoisotopic (exact) mass is 1260 g/mol. The van der Waals surface area contributed by atoms with Crippen molar-refractivity contribution in [2.75, 3.05) is 26.7 Å². The van der Waals surface area contributed by atoms with E-state index < -0.39 is 0 Å². The predicted octanol–water partition coefficient (Wildman–Crippen LogP) is 29.3. The van der Waals surface area contributed by atoms with E-state index in [9.17, 15) is 0 Å². The lowest BCUT2D eigenvalue weighted by atomic mass is 9.88. The third-order valence-corrected chi connectivity index (χ3v) is 13.7. The van der Waals surface area contributed by atoms with E-state index in [0.29, 0.717) is 0 Å². The first kappa shape index (κ1) is 93.6. The van der Waals surface area contributed by atoms with Crippen LogP contribution in [0.1, 0.15) is 161 Å². The van der Waals surface area contributed by atoms with Gasteiger partial charge in [0, 0.05) is 0 Å². The number of hydrogen-bond acceptors (Lipinski definition) is 0. The SMILES string of the molecule is CC.CC.CC.CC.CC.CC.CC.CC.CC.CC.CPCc1ccc2ccccc2c1-c1c(CPC)ccc2ccccc12.CPCc1ccccc1-c1ccccc1CPC.c1ccccc1.c1ccccc1.c1ccccc1.c1ccccc1. The van der Waals surface area contributed by atoms with E-state index in [1.165, 1.54) is 78.4 Å². The van der Waals surface area contributed by atoms with E-state index in [-0.39, 0.29) is 0 Å². The topological polar surface area (TPSA) is 0 Å². The highest BCUT2D eigenvalue weighted by Crippen LogP contribution is 2.42. The molecule has 88 heavy (non-hydrogen) atoms. The first-order chi connectivity index (χ1) is 43.7. The van der Waals surface area contributed by atoms with Crippen molar-refractivity contribution in [3.05, 3.63) is 289 Å². The van der Waals surface area contributed by atoms with Gasteiger partial charge >= 0.3 is 0 Å². The molecule has 4 heteroatoms. The first-order valence-corrected chi connectivity index (χ1v) is 40.3. The number of benzene rings is 10. The molecule has 0 N–H and O–H groups in total. The van der Waals surface area contributed by atoms with Crippen LogP contribution in [0.15, 0.2) is 267 Å². The van der Waals surface area contributed by atoms with Gasteiger partial charge in [-0.25, -0.2) is 0 Å². The summed E-state index contributed by atoms with van der Waals surface area (Å²) >= 11 is 0. The molecule has 4 atom stereocenters. The van der Waals surface area contributed by atoms with Gasteiger partial charge in [0.05, 0.1) is 0 Å². The molecule has 0 bridgehead atoms. The fourth-order valence-electron chi connectivity index (χ4n) is 7.69. The largest absolute Gasteiger partial charge is 0.121 e. The van der Waals surface area contributed by atoms with E-state index in [1.807, 2.05) is 284 Å². The molecule has 0 aliphatic rings. The Hall–Kier alpha value is -5.56. The quantitative estimate of drug-likeness (QED) is 0.120. The Balaban J connectivity index is -0.000000235. The third kappa shape index (κ3) is 43.2. The van der Waals surface area contributed by atoms with Crippen LogP contribution in [0.2, 0.25) is 0 Å². The van der Waals surface area contributed by atoms with Crippen molar-refractivity contribution < 1.29 is 0 Å². The fourth-order valence-corrected chi connectivity index (χ4v) is 10.4. The van der Waals surface area contributed by atoms with Crippen molar-refractivity contribution in [2.45, 2.75) is 163 Å². The zero-order valence-corrected chi connectivity index (χ0v) is 64.2. The molecule has 10 aromatic rings. The Morgan fingerprint density at radius 1 is 0.182 bits per heavy atom. The molecule has 0 aliphatic carbocycles. The molecule has 4 unspecified atom stereocenters. The zero-order chi connectivity index (χ0) is 67.7. The summed E-state index contributed by atoms with van der Waals surface area (Å²) in [6, 6.07) is 92.7. The lowest BCUT2D eigenvalue weighted by Crippen LogP contribution is -1.95. The van der Waals surface area contributed by atoms with E-state index in [2.05, 4.69) is 148 Å². The smallest absolute Gasteiger partial charge is 0.00607 e. The Bertz CT molecular complexity index is 2460. The van der Waals surface area contributed by atoms with Crippen LogP contribution in [0.5, 0.6) is 0 Å². The Kier molecular flexibility index (Phi) is 82.5. The van der Waals surface area contributed by atoms with E-state index in [1.54, 1.807) is 0 Å². The van der Waals surface area contributed by atoms with Crippen LogP contribution in [-0.2, 0) is 24.6 Å². The van der Waals surface area contributed by atoms with Gasteiger partial charge in [0.25, 0.3) is 0 Å². The fraction of sp³-hybridized carbons (Fsp3) is 0.333. The maximum absolute atomic E-state index is 2.36. The molecule has 10 rings (SSSR count). The minimum Gasteiger partial charge on any atom is -0.121 e. The molecule has 0 aliphatic heterocycles. The molecule has 0 heterocycles. The minimum atomic E-state index is 0.924. The third-order valence-electron chi connectivity index (χ3n) is 10.7. The van der Waals surface area contributed by atoms with Crippen LogP contribution in [0.3, 0.4) is 0 Å². The lowest BCUT2D eigenvalue weighted by Gasteiger charge is -2.19. The molecule has 484 valence electrons. The highest BCUT2D eigenvalue weighted by atomic mass is 31.1. The van der Waals surface area contributed by atoms with E-state index >= 15 is 0 Å². The molecule has 0 spiro atoms. The van der Waals surface area contributed by atoms with Gasteiger partial charge in [-0.1, -0.05) is 405 Å². The molecule has 0 saturated carbocycles. The molecule has 0 radical (unpaired) electrons. The van der Waals surface area contributed by atoms with Crippen LogP contribution in [0.25, 0.3) is 43.8 Å². The predicted molar refractivity (Wildman–Crippen MR) is 430 cm³/mol. The van der Waals surface area contributed by atoms with Gasteiger partial charge in [0.15, 0.2) is 0 Å². The van der Waals surface area contributed by atoms with Crippen LogP contribution < -0.4 is 0 Å². The van der Waals surface area contributed by atoms with Gasteiger partial charge in [-0.2, -0.15) is 0 Å². The zero-order valence-electron chi connectivity index (χ0n) is 60.2. The summed E-state index contributed by atoms with van der Waals surface area (Å²) in [4.78, 5) is 0. The van der Waals surface area contributed by atoms with Crippen molar-refractivity contribution in [2.24, 2.45) is 0 Å². The molecule has 0 saturated heterocycles. The van der Waals surface area contributed by atoms with Crippen LogP contribution in [0, 0.1) is 0 Å². The molecule has 0 aromatic heterocycles. The first-order valence-electron chi connectivity index (χ1n) is 33.5. The summed E-state index contributed by atoms with van der Waals surface area (Å²) in [6.07, 6.45) is 4.69. The molecule has 0 nitrogen and oxygen atoms in total. The van der Waals surface area contributed by atoms with Crippen LogP contribution in [0.4, 0.5) is 0 Å². The van der Waals surface area contributed by atoms with E-state index in [0.717, 1.165) is 46.6 Å². The summed E-state index contributed by atoms with van der Waals surface area (Å²) in [7, 11) is 3.80. The van der Waals surface area contributed by atoms with Crippen LogP contribution in [-0.4, -0.2) is 26.7 Å². The standard InChI is InChI=1S/C24H24P2.C16H20P2.4C6H6.10C2H6/c1-25-15-19-13-11-17-7-3-5-9-21(17)23(19)24-20(16-26-2)14-12-18-8-4-6-10-22(18)24;1-17-11-13-7-3-5-9-15(13)16-10-6-4-8-14(16)12-18-2;4*1-2-4-6-5-3-1;10*1-2/h3-14,25-26H,15-16H2,1-2H3;3-10,17-18H,11-12H2,1-2H3;4*1-6H;10*1-2H3. The van der Waals surface area contributed by atoms with Gasteiger partial charge < -0.3 is 0 Å². The second-order valence-electron chi connectivity index (χ2n) is 15.7. The summed E-state index contributed by atoms with van der Waals surface area (Å²) in [5.41, 5.74) is 11.7. The Morgan fingerprint density at radius 2 is 0.364 bits per heavy atom. The number of rotatable bonds is 10. The van der Waals surface area contributed by atoms with E-state index in [4.69, 9.17) is 0 Å². The molecule has 0 fully saturated rings. The highest BCUT2D eigenvalue weighted by molar-refractivity contribution is 7.36. The molecule has 0 amide bonds. The maximum atomic E-state index is 2.36. The minimum absolute atomic E-state index is 0.924. The van der Waals surface area contributed by atoms with Crippen LogP contribution >= 0.6 is 34.3 Å². The number of hydrogen-bond donors (Lipinski definition) is 0.